The number of nitrogens with one attached hydrogen (secondary N) is 1. The number of nitro groups is 1. The molecular formula is C25H21N3O5. The van der Waals surface area contributed by atoms with Crippen LogP contribution in [0.4, 0.5) is 11.4 Å². The summed E-state index contributed by atoms with van der Waals surface area (Å²) in [5, 5.41) is 14.0. The van der Waals surface area contributed by atoms with Crippen molar-refractivity contribution >= 4 is 29.1 Å². The molecule has 3 atom stereocenters. The Morgan fingerprint density at radius 2 is 2.03 bits per heavy atom. The number of rotatable bonds is 5. The van der Waals surface area contributed by atoms with Gasteiger partial charge in [-0.1, -0.05) is 36.4 Å². The Hall–Kier alpha value is -4.04. The number of hydrogen-bond acceptors (Lipinski definition) is 6. The van der Waals surface area contributed by atoms with E-state index in [9.17, 15) is 19.7 Å². The molecular weight excluding hydrogens is 422 g/mol. The monoisotopic (exact) mass is 443 g/mol. The lowest BCUT2D eigenvalue weighted by atomic mass is 9.72. The highest BCUT2D eigenvalue weighted by molar-refractivity contribution is 6.11. The third-order valence-electron chi connectivity index (χ3n) is 6.59. The highest BCUT2D eigenvalue weighted by Crippen LogP contribution is 2.55. The Balaban J connectivity index is 1.60. The number of para-hydroxylation sites is 1. The summed E-state index contributed by atoms with van der Waals surface area (Å²) in [6, 6.07) is 17.0. The van der Waals surface area contributed by atoms with Crippen LogP contribution in [0.25, 0.3) is 6.08 Å². The number of amides is 1. The largest absolute Gasteiger partial charge is 0.469 e. The van der Waals surface area contributed by atoms with Gasteiger partial charge in [-0.05, 0) is 36.9 Å². The van der Waals surface area contributed by atoms with Crippen molar-refractivity contribution in [2.75, 3.05) is 18.9 Å². The molecule has 2 aromatic carbocycles. The molecule has 0 radical (unpaired) electrons. The van der Waals surface area contributed by atoms with Crippen LogP contribution in [0, 0.1) is 16.0 Å². The Morgan fingerprint density at radius 1 is 1.21 bits per heavy atom. The summed E-state index contributed by atoms with van der Waals surface area (Å²) in [6.45, 7) is 0.455. The van der Waals surface area contributed by atoms with Crippen LogP contribution >= 0.6 is 0 Å². The van der Waals surface area contributed by atoms with E-state index in [1.165, 1.54) is 18.2 Å². The number of hydrogen-bond donors (Lipinski definition) is 1. The first-order valence-electron chi connectivity index (χ1n) is 10.5. The molecule has 166 valence electrons. The number of anilines is 1. The van der Waals surface area contributed by atoms with Crippen molar-refractivity contribution in [3.8, 4) is 0 Å². The van der Waals surface area contributed by atoms with E-state index in [2.05, 4.69) is 5.32 Å². The average molecular weight is 443 g/mol. The Morgan fingerprint density at radius 3 is 2.79 bits per heavy atom. The van der Waals surface area contributed by atoms with Crippen LogP contribution in [-0.4, -0.2) is 35.1 Å². The summed E-state index contributed by atoms with van der Waals surface area (Å²) in [7, 11) is 1.84. The first kappa shape index (κ1) is 20.8. The summed E-state index contributed by atoms with van der Waals surface area (Å²) >= 11 is 0. The summed E-state index contributed by atoms with van der Waals surface area (Å²) in [4.78, 5) is 39.7. The van der Waals surface area contributed by atoms with Gasteiger partial charge in [-0.25, -0.2) is 0 Å². The van der Waals surface area contributed by atoms with Gasteiger partial charge in [-0.3, -0.25) is 24.6 Å². The molecule has 1 spiro atoms. The predicted molar refractivity (Wildman–Crippen MR) is 121 cm³/mol. The average Bonchev–Trinajstić information content (AvgIpc) is 3.51. The molecule has 3 heterocycles. The smallest absolute Gasteiger partial charge is 0.270 e. The number of fused-ring (bicyclic) bond motifs is 2. The molecule has 2 aliphatic heterocycles. The number of allylic oxidation sites excluding steroid dienone is 1. The molecule has 1 aromatic heterocycles. The molecule has 0 aliphatic carbocycles. The number of ketones is 1. The predicted octanol–water partition coefficient (Wildman–Crippen LogP) is 3.96. The van der Waals surface area contributed by atoms with Crippen LogP contribution in [0.3, 0.4) is 0 Å². The standard InChI is InChI=1S/C25H21N3O5/c1-27-15-18(22-10-5-13-33-22)23(25(27)19-8-2-3-9-20(19)26-24(25)30)21(29)12-11-16-6-4-7-17(14-16)28(31)32/h2-14,18,23H,15H2,1H3,(H,26,30). The van der Waals surface area contributed by atoms with Crippen LogP contribution < -0.4 is 5.32 Å². The lowest BCUT2D eigenvalue weighted by Gasteiger charge is -2.34. The van der Waals surface area contributed by atoms with Crippen molar-refractivity contribution in [2.45, 2.75) is 11.5 Å². The van der Waals surface area contributed by atoms with Crippen molar-refractivity contribution in [3.63, 3.8) is 0 Å². The van der Waals surface area contributed by atoms with Gasteiger partial charge in [-0.2, -0.15) is 0 Å². The van der Waals surface area contributed by atoms with Crippen molar-refractivity contribution in [1.29, 1.82) is 0 Å². The van der Waals surface area contributed by atoms with Gasteiger partial charge in [0.15, 0.2) is 5.78 Å². The molecule has 5 rings (SSSR count). The second-order valence-electron chi connectivity index (χ2n) is 8.33. The fourth-order valence-corrected chi connectivity index (χ4v) is 5.21. The lowest BCUT2D eigenvalue weighted by molar-refractivity contribution is -0.384. The molecule has 8 nitrogen and oxygen atoms in total. The van der Waals surface area contributed by atoms with E-state index in [1.807, 2.05) is 42.3 Å². The third kappa shape index (κ3) is 3.18. The van der Waals surface area contributed by atoms with Gasteiger partial charge < -0.3 is 9.73 Å². The number of nitro benzene ring substituents is 1. The number of benzene rings is 2. The molecule has 3 aromatic rings. The minimum Gasteiger partial charge on any atom is -0.469 e. The Labute approximate surface area is 189 Å². The SMILES string of the molecule is CN1CC(c2ccco2)C(C(=O)C=Cc2cccc([N+](=O)[O-])c2)C12C(=O)Nc1ccccc12. The van der Waals surface area contributed by atoms with Crippen molar-refractivity contribution < 1.29 is 18.9 Å². The number of carbonyl (C=O) groups is 2. The van der Waals surface area contributed by atoms with Crippen LogP contribution in [0.2, 0.25) is 0 Å². The molecule has 8 heteroatoms. The molecule has 3 unspecified atom stereocenters. The first-order valence-corrected chi connectivity index (χ1v) is 10.5. The molecule has 0 bridgehead atoms. The van der Waals surface area contributed by atoms with Gasteiger partial charge in [0.05, 0.1) is 17.1 Å². The van der Waals surface area contributed by atoms with Crippen LogP contribution in [0.5, 0.6) is 0 Å². The number of nitrogens with zero attached hydrogens (tertiary/aromatic N) is 2. The summed E-state index contributed by atoms with van der Waals surface area (Å²) < 4.78 is 5.67. The molecule has 0 saturated carbocycles. The minimum atomic E-state index is -1.18. The zero-order valence-electron chi connectivity index (χ0n) is 17.8. The van der Waals surface area contributed by atoms with Crippen LogP contribution in [-0.2, 0) is 15.1 Å². The van der Waals surface area contributed by atoms with E-state index < -0.39 is 16.4 Å². The number of furan rings is 1. The van der Waals surface area contributed by atoms with Crippen molar-refractivity contribution in [1.82, 2.24) is 4.90 Å². The summed E-state index contributed by atoms with van der Waals surface area (Å²) in [5.74, 6) is -0.948. The second kappa shape index (κ2) is 7.83. The number of likely N-dealkylation sites (tertiary alicyclic amines) is 1. The number of likely N-dealkylation sites (N-methyl/N-ethyl adjacent to an activating group) is 1. The number of carbonyl (C=O) groups excluding carboxylic acids is 2. The molecule has 33 heavy (non-hydrogen) atoms. The summed E-state index contributed by atoms with van der Waals surface area (Å²) in [5.41, 5.74) is 0.740. The first-order chi connectivity index (χ1) is 15.9. The van der Waals surface area contributed by atoms with Crippen LogP contribution in [0.1, 0.15) is 22.8 Å². The van der Waals surface area contributed by atoms with E-state index >= 15 is 0 Å². The maximum Gasteiger partial charge on any atom is 0.270 e. The molecule has 1 N–H and O–H groups in total. The Kier molecular flexibility index (Phi) is 4.94. The highest BCUT2D eigenvalue weighted by Gasteiger charge is 2.64. The minimum absolute atomic E-state index is 0.0563. The number of non-ortho nitro benzene ring substituents is 1. The fourth-order valence-electron chi connectivity index (χ4n) is 5.21. The zero-order valence-corrected chi connectivity index (χ0v) is 17.8. The van der Waals surface area contributed by atoms with Gasteiger partial charge in [0.25, 0.3) is 5.69 Å². The molecule has 2 aliphatic rings. The van der Waals surface area contributed by atoms with Gasteiger partial charge in [0.2, 0.25) is 5.91 Å². The van der Waals surface area contributed by atoms with E-state index in [1.54, 1.807) is 30.5 Å². The Bertz CT molecular complexity index is 1280. The topological polar surface area (TPSA) is 106 Å². The van der Waals surface area contributed by atoms with Gasteiger partial charge >= 0.3 is 0 Å². The summed E-state index contributed by atoms with van der Waals surface area (Å²) in [6.07, 6.45) is 4.53. The quantitative estimate of drug-likeness (QED) is 0.363. The van der Waals surface area contributed by atoms with Crippen LogP contribution in [0.15, 0.2) is 77.4 Å². The van der Waals surface area contributed by atoms with E-state index in [4.69, 9.17) is 4.42 Å². The lowest BCUT2D eigenvalue weighted by Crippen LogP contribution is -2.51. The second-order valence-corrected chi connectivity index (χ2v) is 8.33. The maximum absolute atomic E-state index is 13.7. The fraction of sp³-hybridized carbons (Fsp3) is 0.200. The molecule has 1 amide bonds. The maximum atomic E-state index is 13.7. The van der Waals surface area contributed by atoms with E-state index in [0.717, 1.165) is 5.56 Å². The van der Waals surface area contributed by atoms with E-state index in [-0.39, 0.29) is 23.3 Å². The van der Waals surface area contributed by atoms with E-state index in [0.29, 0.717) is 23.6 Å². The normalized spacial score (nSPS) is 24.3. The van der Waals surface area contributed by atoms with Gasteiger partial charge in [0.1, 0.15) is 11.3 Å². The third-order valence-corrected chi connectivity index (χ3v) is 6.59. The highest BCUT2D eigenvalue weighted by atomic mass is 16.6. The zero-order chi connectivity index (χ0) is 23.2. The van der Waals surface area contributed by atoms with Gasteiger partial charge in [-0.15, -0.1) is 0 Å². The molecule has 1 saturated heterocycles. The van der Waals surface area contributed by atoms with Gasteiger partial charge in [0, 0.05) is 35.8 Å². The molecule has 1 fully saturated rings. The van der Waals surface area contributed by atoms with Crippen molar-refractivity contribution in [3.05, 3.63) is 100 Å². The van der Waals surface area contributed by atoms with Crippen molar-refractivity contribution in [2.24, 2.45) is 5.92 Å².